The van der Waals surface area contributed by atoms with Crippen LogP contribution >= 0.6 is 11.6 Å². The van der Waals surface area contributed by atoms with Crippen LogP contribution in [0.25, 0.3) is 0 Å². The number of amides is 1. The number of carbonyl (C=O) groups is 2. The van der Waals surface area contributed by atoms with Gasteiger partial charge in [-0.25, -0.2) is 4.99 Å². The van der Waals surface area contributed by atoms with Crippen LogP contribution < -0.4 is 0 Å². The highest BCUT2D eigenvalue weighted by Crippen LogP contribution is 2.48. The van der Waals surface area contributed by atoms with E-state index in [1.165, 1.54) is 18.4 Å². The predicted octanol–water partition coefficient (Wildman–Crippen LogP) is 4.34. The fourth-order valence-electron chi connectivity index (χ4n) is 4.46. The summed E-state index contributed by atoms with van der Waals surface area (Å²) in [5.74, 6) is -0.0733. The number of alkyl halides is 3. The lowest BCUT2D eigenvalue weighted by atomic mass is 9.91. The van der Waals surface area contributed by atoms with Crippen LogP contribution in [-0.4, -0.2) is 66.1 Å². The molecular weight excluding hydrogens is 497 g/mol. The third kappa shape index (κ3) is 4.91. The predicted molar refractivity (Wildman–Crippen MR) is 127 cm³/mol. The molecule has 3 aliphatic rings. The van der Waals surface area contributed by atoms with Crippen LogP contribution in [-0.2, 0) is 15.2 Å². The average Bonchev–Trinajstić information content (AvgIpc) is 3.20. The minimum atomic E-state index is -4.39. The van der Waals surface area contributed by atoms with E-state index in [4.69, 9.17) is 11.6 Å². The number of pyridine rings is 1. The molecule has 1 fully saturated rings. The highest BCUT2D eigenvalue weighted by atomic mass is 35.5. The maximum Gasteiger partial charge on any atom is 0.422 e. The number of carbonyl (C=O) groups excluding carboxylic acids is 2. The Hall–Kier alpha value is -3.50. The molecule has 7 nitrogen and oxygen atoms in total. The SMILES string of the molecule is CN1CCN2C(=O)c3ccncc3C12c1ccc(Cl)cc1.O=CC1=CC=C(OCC(F)(F)F)N=CC1. The van der Waals surface area contributed by atoms with Crippen molar-refractivity contribution in [3.63, 3.8) is 0 Å². The van der Waals surface area contributed by atoms with Gasteiger partial charge in [0.25, 0.3) is 5.91 Å². The van der Waals surface area contributed by atoms with E-state index < -0.39 is 18.4 Å². The lowest BCUT2D eigenvalue weighted by molar-refractivity contribution is -0.164. The molecule has 1 aromatic carbocycles. The van der Waals surface area contributed by atoms with E-state index in [1.54, 1.807) is 6.20 Å². The van der Waals surface area contributed by atoms with Crippen molar-refractivity contribution in [2.45, 2.75) is 18.3 Å². The fourth-order valence-corrected chi connectivity index (χ4v) is 4.58. The lowest BCUT2D eigenvalue weighted by Crippen LogP contribution is -2.47. The van der Waals surface area contributed by atoms with Gasteiger partial charge < -0.3 is 9.64 Å². The van der Waals surface area contributed by atoms with E-state index in [1.807, 2.05) is 48.5 Å². The molecule has 188 valence electrons. The minimum absolute atomic E-state index is 0.0756. The molecule has 0 N–H and O–H groups in total. The van der Waals surface area contributed by atoms with Crippen LogP contribution in [0.3, 0.4) is 0 Å². The number of allylic oxidation sites excluding steroid dienone is 3. The van der Waals surface area contributed by atoms with E-state index >= 15 is 0 Å². The number of ether oxygens (including phenoxy) is 1. The van der Waals surface area contributed by atoms with Crippen LogP contribution in [0, 0.1) is 0 Å². The van der Waals surface area contributed by atoms with Gasteiger partial charge in [-0.05, 0) is 36.4 Å². The topological polar surface area (TPSA) is 75.1 Å². The van der Waals surface area contributed by atoms with Gasteiger partial charge in [-0.1, -0.05) is 29.8 Å². The van der Waals surface area contributed by atoms with Gasteiger partial charge >= 0.3 is 6.18 Å². The Morgan fingerprint density at radius 2 is 1.92 bits per heavy atom. The van der Waals surface area contributed by atoms with Crippen molar-refractivity contribution >= 4 is 30.0 Å². The second kappa shape index (κ2) is 10.2. The quantitative estimate of drug-likeness (QED) is 0.563. The molecule has 0 radical (unpaired) electrons. The summed E-state index contributed by atoms with van der Waals surface area (Å²) in [4.78, 5) is 35.1. The van der Waals surface area contributed by atoms with Gasteiger partial charge in [0, 0.05) is 60.3 Å². The fraction of sp³-hybridized carbons (Fsp3) is 0.280. The Kier molecular flexibility index (Phi) is 7.28. The van der Waals surface area contributed by atoms with Gasteiger partial charge in [-0.3, -0.25) is 19.5 Å². The minimum Gasteiger partial charge on any atom is -0.468 e. The average molecular weight is 519 g/mol. The number of aliphatic imine (C=N–C) groups is 1. The largest absolute Gasteiger partial charge is 0.468 e. The van der Waals surface area contributed by atoms with E-state index in [9.17, 15) is 22.8 Å². The van der Waals surface area contributed by atoms with Crippen molar-refractivity contribution in [1.29, 1.82) is 0 Å². The molecule has 11 heteroatoms. The first kappa shape index (κ1) is 25.6. The normalized spacial score (nSPS) is 21.0. The first-order valence-corrected chi connectivity index (χ1v) is 11.4. The molecule has 0 aliphatic carbocycles. The summed E-state index contributed by atoms with van der Waals surface area (Å²) < 4.78 is 39.7. The molecule has 1 amide bonds. The Morgan fingerprint density at radius 3 is 2.61 bits per heavy atom. The summed E-state index contributed by atoms with van der Waals surface area (Å²) in [6, 6.07) is 9.53. The summed E-state index contributed by atoms with van der Waals surface area (Å²) in [6.45, 7) is 0.162. The Bertz CT molecular complexity index is 1240. The molecule has 1 aromatic heterocycles. The number of hydrogen-bond acceptors (Lipinski definition) is 6. The number of likely N-dealkylation sites (N-methyl/N-ethyl adjacent to an activating group) is 1. The molecule has 0 spiro atoms. The van der Waals surface area contributed by atoms with Gasteiger partial charge in [0.1, 0.15) is 6.29 Å². The van der Waals surface area contributed by atoms with Crippen LogP contribution in [0.1, 0.15) is 27.9 Å². The summed E-state index contributed by atoms with van der Waals surface area (Å²) in [5, 5.41) is 0.693. The van der Waals surface area contributed by atoms with Crippen LogP contribution in [0.4, 0.5) is 13.2 Å². The summed E-state index contributed by atoms with van der Waals surface area (Å²) in [5.41, 5.74) is 2.63. The molecule has 0 saturated carbocycles. The highest BCUT2D eigenvalue weighted by molar-refractivity contribution is 6.30. The number of hydrogen-bond donors (Lipinski definition) is 0. The molecule has 4 heterocycles. The lowest BCUT2D eigenvalue weighted by Gasteiger charge is -2.38. The molecule has 5 rings (SSSR count). The Morgan fingerprint density at radius 1 is 1.17 bits per heavy atom. The molecule has 3 aliphatic heterocycles. The van der Waals surface area contributed by atoms with Crippen molar-refractivity contribution in [2.75, 3.05) is 26.7 Å². The smallest absolute Gasteiger partial charge is 0.422 e. The van der Waals surface area contributed by atoms with Crippen molar-refractivity contribution in [2.24, 2.45) is 4.99 Å². The van der Waals surface area contributed by atoms with Gasteiger partial charge in [0.15, 0.2) is 12.3 Å². The van der Waals surface area contributed by atoms with Gasteiger partial charge in [0.2, 0.25) is 5.88 Å². The molecule has 1 atom stereocenters. The third-order valence-corrected chi connectivity index (χ3v) is 6.29. The van der Waals surface area contributed by atoms with E-state index in [0.717, 1.165) is 23.2 Å². The number of rotatable bonds is 4. The summed E-state index contributed by atoms with van der Waals surface area (Å²) >= 11 is 6.02. The summed E-state index contributed by atoms with van der Waals surface area (Å²) in [6.07, 6.45) is 3.95. The molecule has 2 aromatic rings. The monoisotopic (exact) mass is 518 g/mol. The van der Waals surface area contributed by atoms with Crippen LogP contribution in [0.5, 0.6) is 0 Å². The van der Waals surface area contributed by atoms with Gasteiger partial charge in [-0.2, -0.15) is 13.2 Å². The first-order chi connectivity index (χ1) is 17.2. The van der Waals surface area contributed by atoms with Crippen molar-refractivity contribution in [3.8, 4) is 0 Å². The van der Waals surface area contributed by atoms with Crippen molar-refractivity contribution in [1.82, 2.24) is 14.8 Å². The zero-order valence-electron chi connectivity index (χ0n) is 19.2. The highest BCUT2D eigenvalue weighted by Gasteiger charge is 2.56. The third-order valence-electron chi connectivity index (χ3n) is 6.04. The molecule has 1 saturated heterocycles. The van der Waals surface area contributed by atoms with E-state index in [0.29, 0.717) is 29.8 Å². The van der Waals surface area contributed by atoms with E-state index in [2.05, 4.69) is 19.6 Å². The van der Waals surface area contributed by atoms with Gasteiger partial charge in [-0.15, -0.1) is 0 Å². The standard InChI is InChI=1S/C16H14ClN3O.C9H8F3NO2/c1-19-8-9-20-15(21)13-6-7-18-10-14(13)16(19,20)11-2-4-12(17)5-3-11;10-9(11,12)6-15-8-2-1-7(5-14)3-4-13-8/h2-7,10H,8-9H2,1H3;1-2,4-5H,3,6H2. The Balaban J connectivity index is 0.000000181. The number of fused-ring (bicyclic) bond motifs is 3. The maximum absolute atomic E-state index is 12.7. The molecular formula is C25H22ClF3N4O3. The number of aromatic nitrogens is 1. The Labute approximate surface area is 210 Å². The van der Waals surface area contributed by atoms with Crippen LogP contribution in [0.2, 0.25) is 5.02 Å². The first-order valence-electron chi connectivity index (χ1n) is 11.0. The second-order valence-corrected chi connectivity index (χ2v) is 8.70. The van der Waals surface area contributed by atoms with Crippen molar-refractivity contribution in [3.05, 3.63) is 88.0 Å². The zero-order valence-corrected chi connectivity index (χ0v) is 20.0. The molecule has 1 unspecified atom stereocenters. The number of aldehydes is 1. The number of nitrogens with zero attached hydrogens (tertiary/aromatic N) is 4. The molecule has 0 bridgehead atoms. The second-order valence-electron chi connectivity index (χ2n) is 8.26. The summed E-state index contributed by atoms with van der Waals surface area (Å²) in [7, 11) is 2.05. The molecule has 36 heavy (non-hydrogen) atoms. The maximum atomic E-state index is 12.7. The zero-order chi connectivity index (χ0) is 25.9. The van der Waals surface area contributed by atoms with E-state index in [-0.39, 0.29) is 11.8 Å². The number of halogens is 4. The number of benzene rings is 1. The van der Waals surface area contributed by atoms with Crippen molar-refractivity contribution < 1.29 is 27.5 Å². The van der Waals surface area contributed by atoms with Crippen LogP contribution in [0.15, 0.2) is 71.3 Å². The van der Waals surface area contributed by atoms with Gasteiger partial charge in [0.05, 0.1) is 0 Å².